The fraction of sp³-hybridized carbons (Fsp3) is 0.217. The Kier molecular flexibility index (Phi) is 7.49. The van der Waals surface area contributed by atoms with Crippen molar-refractivity contribution >= 4 is 15.9 Å². The molecule has 0 fully saturated rings. The molecule has 0 aliphatic rings. The highest BCUT2D eigenvalue weighted by Crippen LogP contribution is 2.37. The molecule has 0 atom stereocenters. The van der Waals surface area contributed by atoms with Crippen molar-refractivity contribution in [1.29, 1.82) is 0 Å². The summed E-state index contributed by atoms with van der Waals surface area (Å²) in [4.78, 5) is 0. The Labute approximate surface area is 178 Å². The molecule has 152 valence electrons. The van der Waals surface area contributed by atoms with E-state index in [2.05, 4.69) is 21.2 Å². The van der Waals surface area contributed by atoms with E-state index >= 15 is 0 Å². The Bertz CT molecular complexity index is 965. The number of hydrogen-bond acceptors (Lipinski definition) is 4. The average Bonchev–Trinajstić information content (AvgIpc) is 2.75. The smallest absolute Gasteiger partial charge is 0.167 e. The fourth-order valence-electron chi connectivity index (χ4n) is 3.00. The zero-order valence-corrected chi connectivity index (χ0v) is 18.0. The van der Waals surface area contributed by atoms with Crippen molar-refractivity contribution in [3.05, 3.63) is 87.6 Å². The molecule has 0 aliphatic carbocycles. The van der Waals surface area contributed by atoms with Gasteiger partial charge in [-0.2, -0.15) is 0 Å². The number of hydrogen-bond donors (Lipinski definition) is 1. The van der Waals surface area contributed by atoms with Gasteiger partial charge in [-0.15, -0.1) is 0 Å². The van der Waals surface area contributed by atoms with Gasteiger partial charge in [0.15, 0.2) is 11.5 Å². The average molecular weight is 460 g/mol. The van der Waals surface area contributed by atoms with Gasteiger partial charge in [0.2, 0.25) is 0 Å². The first kappa shape index (κ1) is 21.1. The number of rotatable bonds is 9. The van der Waals surface area contributed by atoms with Crippen LogP contribution in [0.2, 0.25) is 0 Å². The first-order valence-electron chi connectivity index (χ1n) is 9.18. The zero-order chi connectivity index (χ0) is 20.6. The van der Waals surface area contributed by atoms with Gasteiger partial charge in [-0.1, -0.05) is 52.3 Å². The zero-order valence-electron chi connectivity index (χ0n) is 16.4. The Hall–Kier alpha value is -2.57. The number of ether oxygens (including phenoxy) is 3. The maximum absolute atomic E-state index is 14.0. The predicted molar refractivity (Wildman–Crippen MR) is 115 cm³/mol. The number of methoxy groups -OCH3 is 2. The van der Waals surface area contributed by atoms with Gasteiger partial charge < -0.3 is 19.5 Å². The number of benzene rings is 3. The van der Waals surface area contributed by atoms with Gasteiger partial charge in [0.1, 0.15) is 18.2 Å². The molecule has 6 heteroatoms. The summed E-state index contributed by atoms with van der Waals surface area (Å²) in [7, 11) is 3.25. The Morgan fingerprint density at radius 2 is 1.52 bits per heavy atom. The molecule has 0 unspecified atom stereocenters. The second-order valence-electron chi connectivity index (χ2n) is 6.35. The lowest BCUT2D eigenvalue weighted by molar-refractivity contribution is 0.275. The summed E-state index contributed by atoms with van der Waals surface area (Å²) in [5.74, 6) is 1.72. The minimum absolute atomic E-state index is 0.110. The summed E-state index contributed by atoms with van der Waals surface area (Å²) in [6, 6.07) is 18.2. The Balaban J connectivity index is 1.77. The maximum atomic E-state index is 14.0. The van der Waals surface area contributed by atoms with Gasteiger partial charge in [0, 0.05) is 34.3 Å². The van der Waals surface area contributed by atoms with E-state index in [1.165, 1.54) is 6.07 Å². The molecule has 0 saturated carbocycles. The number of para-hydroxylation sites is 1. The van der Waals surface area contributed by atoms with Crippen LogP contribution in [0.1, 0.15) is 16.7 Å². The van der Waals surface area contributed by atoms with Gasteiger partial charge in [-0.3, -0.25) is 0 Å². The van der Waals surface area contributed by atoms with Crippen LogP contribution in [0.4, 0.5) is 4.39 Å². The van der Waals surface area contributed by atoms with E-state index in [1.54, 1.807) is 32.4 Å². The standard InChI is InChI=1S/C23H23BrFNO3/c1-27-21-10-6-4-7-16(21)13-26-14-18-19(24)11-12-22(28-2)23(18)29-15-17-8-3-5-9-20(17)25/h3-12,26H,13-15H2,1-2H3. The molecule has 3 aromatic carbocycles. The summed E-state index contributed by atoms with van der Waals surface area (Å²) in [5.41, 5.74) is 2.45. The van der Waals surface area contributed by atoms with E-state index in [0.717, 1.165) is 21.3 Å². The molecule has 0 heterocycles. The third kappa shape index (κ3) is 5.28. The predicted octanol–water partition coefficient (Wildman–Crippen LogP) is 5.47. The van der Waals surface area contributed by atoms with E-state index in [1.807, 2.05) is 36.4 Å². The van der Waals surface area contributed by atoms with Gasteiger partial charge in [-0.25, -0.2) is 4.39 Å². The first-order valence-corrected chi connectivity index (χ1v) is 9.97. The van der Waals surface area contributed by atoms with Crippen molar-refractivity contribution in [1.82, 2.24) is 5.32 Å². The van der Waals surface area contributed by atoms with Crippen LogP contribution in [-0.4, -0.2) is 14.2 Å². The van der Waals surface area contributed by atoms with E-state index in [9.17, 15) is 4.39 Å². The highest BCUT2D eigenvalue weighted by Gasteiger charge is 2.16. The van der Waals surface area contributed by atoms with Crippen molar-refractivity contribution in [3.63, 3.8) is 0 Å². The molecule has 0 saturated heterocycles. The molecule has 0 radical (unpaired) electrons. The second kappa shape index (κ2) is 10.3. The minimum Gasteiger partial charge on any atom is -0.496 e. The highest BCUT2D eigenvalue weighted by atomic mass is 79.9. The lowest BCUT2D eigenvalue weighted by atomic mass is 10.1. The SMILES string of the molecule is COc1ccccc1CNCc1c(Br)ccc(OC)c1OCc1ccccc1F. The molecule has 3 rings (SSSR count). The van der Waals surface area contributed by atoms with Crippen molar-refractivity contribution in [2.45, 2.75) is 19.7 Å². The molecule has 1 N–H and O–H groups in total. The van der Waals surface area contributed by atoms with Crippen LogP contribution in [0.5, 0.6) is 17.2 Å². The third-order valence-corrected chi connectivity index (χ3v) is 5.27. The molecule has 3 aromatic rings. The lowest BCUT2D eigenvalue weighted by Crippen LogP contribution is -2.15. The Morgan fingerprint density at radius 1 is 0.828 bits per heavy atom. The van der Waals surface area contributed by atoms with Gasteiger partial charge >= 0.3 is 0 Å². The Morgan fingerprint density at radius 3 is 2.24 bits per heavy atom. The van der Waals surface area contributed by atoms with E-state index in [-0.39, 0.29) is 12.4 Å². The monoisotopic (exact) mass is 459 g/mol. The second-order valence-corrected chi connectivity index (χ2v) is 7.21. The lowest BCUT2D eigenvalue weighted by Gasteiger charge is -2.18. The molecule has 29 heavy (non-hydrogen) atoms. The van der Waals surface area contributed by atoms with Crippen LogP contribution in [-0.2, 0) is 19.7 Å². The van der Waals surface area contributed by atoms with Crippen LogP contribution in [0.25, 0.3) is 0 Å². The molecule has 0 bridgehead atoms. The molecule has 0 amide bonds. The van der Waals surface area contributed by atoms with Crippen LogP contribution in [0.15, 0.2) is 65.1 Å². The summed E-state index contributed by atoms with van der Waals surface area (Å²) >= 11 is 3.59. The molecule has 0 aliphatic heterocycles. The number of halogens is 2. The van der Waals surface area contributed by atoms with Crippen molar-refractivity contribution in [2.75, 3.05) is 14.2 Å². The van der Waals surface area contributed by atoms with Crippen LogP contribution < -0.4 is 19.5 Å². The minimum atomic E-state index is -0.294. The maximum Gasteiger partial charge on any atom is 0.167 e. The summed E-state index contributed by atoms with van der Waals surface area (Å²) in [6.45, 7) is 1.27. The highest BCUT2D eigenvalue weighted by molar-refractivity contribution is 9.10. The molecule has 0 spiro atoms. The molecule has 4 nitrogen and oxygen atoms in total. The van der Waals surface area contributed by atoms with E-state index < -0.39 is 0 Å². The normalized spacial score (nSPS) is 10.6. The van der Waals surface area contributed by atoms with Crippen molar-refractivity contribution in [2.24, 2.45) is 0 Å². The van der Waals surface area contributed by atoms with Gasteiger partial charge in [0.05, 0.1) is 14.2 Å². The molecular formula is C23H23BrFNO3. The van der Waals surface area contributed by atoms with Crippen LogP contribution in [0.3, 0.4) is 0 Å². The molecular weight excluding hydrogens is 437 g/mol. The van der Waals surface area contributed by atoms with Gasteiger partial charge in [0.25, 0.3) is 0 Å². The first-order chi connectivity index (χ1) is 14.1. The van der Waals surface area contributed by atoms with Gasteiger partial charge in [-0.05, 0) is 24.3 Å². The van der Waals surface area contributed by atoms with E-state index in [4.69, 9.17) is 14.2 Å². The van der Waals surface area contributed by atoms with Crippen LogP contribution in [0, 0.1) is 5.82 Å². The van der Waals surface area contributed by atoms with E-state index in [0.29, 0.717) is 30.2 Å². The third-order valence-electron chi connectivity index (χ3n) is 4.53. The van der Waals surface area contributed by atoms with Crippen molar-refractivity contribution < 1.29 is 18.6 Å². The molecule has 0 aromatic heterocycles. The number of nitrogens with one attached hydrogen (secondary N) is 1. The van der Waals surface area contributed by atoms with Crippen molar-refractivity contribution in [3.8, 4) is 17.2 Å². The largest absolute Gasteiger partial charge is 0.496 e. The summed E-state index contributed by atoms with van der Waals surface area (Å²) < 4.78 is 31.7. The summed E-state index contributed by atoms with van der Waals surface area (Å²) in [6.07, 6.45) is 0. The fourth-order valence-corrected chi connectivity index (χ4v) is 3.45. The van der Waals surface area contributed by atoms with Crippen LogP contribution >= 0.6 is 15.9 Å². The quantitative estimate of drug-likeness (QED) is 0.460. The topological polar surface area (TPSA) is 39.7 Å². The summed E-state index contributed by atoms with van der Waals surface area (Å²) in [5, 5.41) is 3.42.